The fraction of sp³-hybridized carbons (Fsp3) is 0. The first-order valence-electron chi connectivity index (χ1n) is 20.8. The van der Waals surface area contributed by atoms with E-state index in [1.54, 1.807) is 0 Å². The van der Waals surface area contributed by atoms with Crippen molar-refractivity contribution in [3.63, 3.8) is 0 Å². The summed E-state index contributed by atoms with van der Waals surface area (Å²) in [6.45, 7) is 0. The second-order valence-corrected chi connectivity index (χ2v) is 16.6. The van der Waals surface area contributed by atoms with Crippen molar-refractivity contribution in [2.45, 2.75) is 0 Å². The van der Waals surface area contributed by atoms with Crippen molar-refractivity contribution in [3.8, 4) is 73.2 Å². The highest BCUT2D eigenvalue weighted by Gasteiger charge is 2.22. The maximum atomic E-state index is 5.36. The molecule has 12 rings (SSSR count). The summed E-state index contributed by atoms with van der Waals surface area (Å²) in [6.07, 6.45) is 0. The maximum Gasteiger partial charge on any atom is 0.166 e. The van der Waals surface area contributed by atoms with E-state index in [9.17, 15) is 0 Å². The third kappa shape index (κ3) is 6.18. The average molecular weight is 809 g/mol. The molecule has 0 atom stereocenters. The molecule has 0 aliphatic carbocycles. The fourth-order valence-corrected chi connectivity index (χ4v) is 10.1. The molecule has 0 radical (unpaired) electrons. The third-order valence-corrected chi connectivity index (χ3v) is 13.1. The Morgan fingerprint density at radius 1 is 0.306 bits per heavy atom. The van der Waals surface area contributed by atoms with Crippen LogP contribution in [0, 0.1) is 0 Å². The van der Waals surface area contributed by atoms with E-state index >= 15 is 0 Å². The summed E-state index contributed by atoms with van der Waals surface area (Å²) < 4.78 is 4.96. The standard InChI is InChI=1S/C57H36N4S/c1-5-16-37(17-6-1)41-28-31-45-46-32-29-42(38-18-7-2-8-19-38)36-52(46)61(51(45)35-41)50-33-30-43(44-25-15-26-48-47-24-13-14-27-53(47)62-54(44)48)34-49(50)57-59-55(39-20-9-3-10-21-39)58-56(60-57)40-22-11-4-12-23-40/h1-36H. The average Bonchev–Trinajstić information content (AvgIpc) is 3.90. The van der Waals surface area contributed by atoms with Crippen LogP contribution >= 0.6 is 11.3 Å². The van der Waals surface area contributed by atoms with Gasteiger partial charge in [0.15, 0.2) is 17.5 Å². The summed E-state index contributed by atoms with van der Waals surface area (Å²) >= 11 is 1.84. The molecule has 0 amide bonds. The SMILES string of the molecule is c1ccc(-c2ccc3c4ccc(-c5ccccc5)cc4n(-c4ccc(-c5cccc6c5sc5ccccc56)cc4-c4nc(-c5ccccc5)nc(-c5ccccc5)n4)c3c2)cc1. The molecule has 0 bridgehead atoms. The molecule has 3 heterocycles. The van der Waals surface area contributed by atoms with Crippen molar-refractivity contribution >= 4 is 53.3 Å². The zero-order valence-corrected chi connectivity index (χ0v) is 34.3. The van der Waals surface area contributed by atoms with Gasteiger partial charge in [-0.2, -0.15) is 0 Å². The van der Waals surface area contributed by atoms with Gasteiger partial charge in [-0.3, -0.25) is 0 Å². The van der Waals surface area contributed by atoms with E-state index in [2.05, 4.69) is 187 Å². The van der Waals surface area contributed by atoms with Gasteiger partial charge in [-0.1, -0.05) is 188 Å². The minimum absolute atomic E-state index is 0.603. The van der Waals surface area contributed by atoms with Crippen LogP contribution in [0.25, 0.3) is 115 Å². The fourth-order valence-electron chi connectivity index (χ4n) is 8.88. The van der Waals surface area contributed by atoms with Crippen LogP contribution in [0.15, 0.2) is 218 Å². The Hall–Kier alpha value is -7.99. The van der Waals surface area contributed by atoms with Crippen LogP contribution in [0.5, 0.6) is 0 Å². The molecule has 0 saturated heterocycles. The highest BCUT2D eigenvalue weighted by molar-refractivity contribution is 7.26. The molecule has 12 aromatic rings. The van der Waals surface area contributed by atoms with Crippen LogP contribution < -0.4 is 0 Å². The molecule has 0 unspecified atom stereocenters. The number of thiophene rings is 1. The molecular formula is C57H36N4S. The number of hydrogen-bond acceptors (Lipinski definition) is 4. The number of hydrogen-bond donors (Lipinski definition) is 0. The van der Waals surface area contributed by atoms with E-state index in [0.29, 0.717) is 17.5 Å². The smallest absolute Gasteiger partial charge is 0.166 e. The van der Waals surface area contributed by atoms with Gasteiger partial charge in [0.05, 0.1) is 16.7 Å². The maximum absolute atomic E-state index is 5.36. The van der Waals surface area contributed by atoms with Crippen LogP contribution in [-0.2, 0) is 0 Å². The highest BCUT2D eigenvalue weighted by atomic mass is 32.1. The van der Waals surface area contributed by atoms with E-state index in [1.807, 2.05) is 47.7 Å². The molecule has 0 aliphatic rings. The highest BCUT2D eigenvalue weighted by Crippen LogP contribution is 2.44. The minimum Gasteiger partial charge on any atom is -0.308 e. The normalized spacial score (nSPS) is 11.5. The summed E-state index contributed by atoms with van der Waals surface area (Å²) in [5.41, 5.74) is 12.9. The number of fused-ring (bicyclic) bond motifs is 6. The summed E-state index contributed by atoms with van der Waals surface area (Å²) in [6, 6.07) is 77.6. The topological polar surface area (TPSA) is 43.6 Å². The molecule has 0 fully saturated rings. The Labute approximate surface area is 362 Å². The Morgan fingerprint density at radius 3 is 1.37 bits per heavy atom. The van der Waals surface area contributed by atoms with Gasteiger partial charge < -0.3 is 4.57 Å². The Balaban J connectivity index is 1.19. The molecule has 290 valence electrons. The zero-order valence-electron chi connectivity index (χ0n) is 33.5. The molecule has 0 spiro atoms. The number of benzene rings is 9. The predicted molar refractivity (Wildman–Crippen MR) is 260 cm³/mol. The van der Waals surface area contributed by atoms with Crippen molar-refractivity contribution in [1.82, 2.24) is 19.5 Å². The summed E-state index contributed by atoms with van der Waals surface area (Å²) in [5, 5.41) is 4.89. The first kappa shape index (κ1) is 35.9. The van der Waals surface area contributed by atoms with E-state index < -0.39 is 0 Å². The van der Waals surface area contributed by atoms with Gasteiger partial charge in [0.25, 0.3) is 0 Å². The van der Waals surface area contributed by atoms with Gasteiger partial charge in [-0.25, -0.2) is 15.0 Å². The van der Waals surface area contributed by atoms with Gasteiger partial charge in [0.2, 0.25) is 0 Å². The van der Waals surface area contributed by atoms with Crippen LogP contribution in [0.3, 0.4) is 0 Å². The number of rotatable bonds is 7. The quantitative estimate of drug-likeness (QED) is 0.161. The van der Waals surface area contributed by atoms with Crippen molar-refractivity contribution in [2.24, 2.45) is 0 Å². The molecule has 0 aliphatic heterocycles. The Bertz CT molecular complexity index is 3460. The predicted octanol–water partition coefficient (Wildman–Crippen LogP) is 15.3. The van der Waals surface area contributed by atoms with Crippen LogP contribution in [0.2, 0.25) is 0 Å². The zero-order chi connectivity index (χ0) is 41.0. The summed E-state index contributed by atoms with van der Waals surface area (Å²) in [5.74, 6) is 1.85. The van der Waals surface area contributed by atoms with E-state index in [4.69, 9.17) is 15.0 Å². The molecule has 0 saturated carbocycles. The second-order valence-electron chi connectivity index (χ2n) is 15.6. The summed E-state index contributed by atoms with van der Waals surface area (Å²) in [4.78, 5) is 15.8. The van der Waals surface area contributed by atoms with Crippen molar-refractivity contribution < 1.29 is 0 Å². The van der Waals surface area contributed by atoms with E-state index in [1.165, 1.54) is 47.6 Å². The van der Waals surface area contributed by atoms with Crippen LogP contribution in [0.1, 0.15) is 0 Å². The summed E-state index contributed by atoms with van der Waals surface area (Å²) in [7, 11) is 0. The Morgan fingerprint density at radius 2 is 0.790 bits per heavy atom. The number of nitrogens with zero attached hydrogens (tertiary/aromatic N) is 4. The first-order chi connectivity index (χ1) is 30.7. The molecule has 9 aromatic carbocycles. The van der Waals surface area contributed by atoms with Gasteiger partial charge in [0.1, 0.15) is 0 Å². The van der Waals surface area contributed by atoms with Gasteiger partial charge in [-0.05, 0) is 63.7 Å². The monoisotopic (exact) mass is 808 g/mol. The van der Waals surface area contributed by atoms with Gasteiger partial charge in [0, 0.05) is 47.6 Å². The lowest BCUT2D eigenvalue weighted by atomic mass is 9.99. The van der Waals surface area contributed by atoms with Crippen molar-refractivity contribution in [3.05, 3.63) is 218 Å². The largest absolute Gasteiger partial charge is 0.308 e. The molecule has 3 aromatic heterocycles. The second kappa shape index (κ2) is 14.9. The minimum atomic E-state index is 0.603. The molecular weight excluding hydrogens is 773 g/mol. The van der Waals surface area contributed by atoms with E-state index in [0.717, 1.165) is 50.1 Å². The first-order valence-corrected chi connectivity index (χ1v) is 21.7. The lowest BCUT2D eigenvalue weighted by molar-refractivity contribution is 1.06. The molecule has 4 nitrogen and oxygen atoms in total. The van der Waals surface area contributed by atoms with Gasteiger partial charge in [-0.15, -0.1) is 11.3 Å². The van der Waals surface area contributed by atoms with Crippen LogP contribution in [0.4, 0.5) is 0 Å². The lowest BCUT2D eigenvalue weighted by Crippen LogP contribution is -2.04. The molecule has 5 heteroatoms. The molecule has 62 heavy (non-hydrogen) atoms. The van der Waals surface area contributed by atoms with Crippen molar-refractivity contribution in [1.29, 1.82) is 0 Å². The van der Waals surface area contributed by atoms with Crippen LogP contribution in [-0.4, -0.2) is 19.5 Å². The van der Waals surface area contributed by atoms with E-state index in [-0.39, 0.29) is 0 Å². The van der Waals surface area contributed by atoms with Crippen molar-refractivity contribution in [2.75, 3.05) is 0 Å². The molecule has 0 N–H and O–H groups in total. The number of aromatic nitrogens is 4. The Kier molecular flexibility index (Phi) is 8.65. The lowest BCUT2D eigenvalue weighted by Gasteiger charge is -2.17. The third-order valence-electron chi connectivity index (χ3n) is 11.9. The van der Waals surface area contributed by atoms with Gasteiger partial charge >= 0.3 is 0 Å².